The van der Waals surface area contributed by atoms with Gasteiger partial charge in [0.1, 0.15) is 0 Å². The first-order chi connectivity index (χ1) is 16.7. The molecule has 8 nitrogen and oxygen atoms in total. The Morgan fingerprint density at radius 2 is 1.54 bits per heavy atom. The van der Waals surface area contributed by atoms with Crippen molar-refractivity contribution in [2.24, 2.45) is 0 Å². The Morgan fingerprint density at radius 1 is 0.914 bits per heavy atom. The van der Waals surface area contributed by atoms with Crippen LogP contribution in [0, 0.1) is 0 Å². The van der Waals surface area contributed by atoms with Crippen LogP contribution < -0.4 is 15.1 Å². The summed E-state index contributed by atoms with van der Waals surface area (Å²) in [5.74, 6) is -2.35. The Hall–Kier alpha value is -4.17. The molecule has 1 heterocycles. The monoisotopic (exact) mass is 491 g/mol. The van der Waals surface area contributed by atoms with Crippen LogP contribution >= 0.6 is 11.6 Å². The number of carbonyl (C=O) groups excluding carboxylic acids is 4. The van der Waals surface area contributed by atoms with Gasteiger partial charge in [0.15, 0.2) is 6.10 Å². The fourth-order valence-corrected chi connectivity index (χ4v) is 3.69. The number of ether oxygens (including phenoxy) is 1. The predicted octanol–water partition coefficient (Wildman–Crippen LogP) is 4.39. The number of carbonyl (C=O) groups is 4. The maximum absolute atomic E-state index is 12.9. The molecule has 4 rings (SSSR count). The number of fused-ring (bicyclic) bond motifs is 1. The highest BCUT2D eigenvalue weighted by Crippen LogP contribution is 2.30. The molecule has 3 amide bonds. The van der Waals surface area contributed by atoms with Gasteiger partial charge in [-0.25, -0.2) is 9.69 Å². The van der Waals surface area contributed by atoms with Crippen molar-refractivity contribution < 1.29 is 23.9 Å². The zero-order valence-electron chi connectivity index (χ0n) is 19.2. The van der Waals surface area contributed by atoms with Gasteiger partial charge in [-0.1, -0.05) is 11.6 Å². The van der Waals surface area contributed by atoms with Crippen molar-refractivity contribution in [1.29, 1.82) is 0 Å². The number of benzene rings is 3. The van der Waals surface area contributed by atoms with Crippen molar-refractivity contribution in [2.45, 2.75) is 13.0 Å². The van der Waals surface area contributed by atoms with Crippen molar-refractivity contribution in [3.05, 3.63) is 88.4 Å². The molecule has 35 heavy (non-hydrogen) atoms. The minimum atomic E-state index is -1.09. The van der Waals surface area contributed by atoms with Gasteiger partial charge in [0.25, 0.3) is 17.7 Å². The average Bonchev–Trinajstić information content (AvgIpc) is 3.09. The number of hydrogen-bond donors (Lipinski definition) is 1. The lowest BCUT2D eigenvalue weighted by Gasteiger charge is -2.15. The molecule has 0 aliphatic carbocycles. The van der Waals surface area contributed by atoms with Crippen LogP contribution in [0.5, 0.6) is 0 Å². The smallest absolute Gasteiger partial charge is 0.338 e. The maximum atomic E-state index is 12.9. The lowest BCUT2D eigenvalue weighted by Crippen LogP contribution is -2.30. The minimum Gasteiger partial charge on any atom is -0.449 e. The predicted molar refractivity (Wildman–Crippen MR) is 133 cm³/mol. The van der Waals surface area contributed by atoms with Gasteiger partial charge in [-0.15, -0.1) is 0 Å². The third-order valence-electron chi connectivity index (χ3n) is 5.51. The third-order valence-corrected chi connectivity index (χ3v) is 5.76. The van der Waals surface area contributed by atoms with Crippen LogP contribution in [0.1, 0.15) is 38.0 Å². The highest BCUT2D eigenvalue weighted by atomic mass is 35.5. The van der Waals surface area contributed by atoms with Crippen LogP contribution in [-0.4, -0.2) is 43.9 Å². The van der Waals surface area contributed by atoms with Gasteiger partial charge >= 0.3 is 5.97 Å². The van der Waals surface area contributed by atoms with Gasteiger partial charge in [0.05, 0.1) is 22.4 Å². The molecule has 0 saturated heterocycles. The van der Waals surface area contributed by atoms with E-state index in [2.05, 4.69) is 5.32 Å². The highest BCUT2D eigenvalue weighted by Gasteiger charge is 2.37. The van der Waals surface area contributed by atoms with Crippen LogP contribution in [0.25, 0.3) is 0 Å². The van der Waals surface area contributed by atoms with Crippen molar-refractivity contribution in [3.63, 3.8) is 0 Å². The Morgan fingerprint density at radius 3 is 2.17 bits per heavy atom. The Labute approximate surface area is 207 Å². The van der Waals surface area contributed by atoms with E-state index in [0.717, 1.165) is 10.6 Å². The number of rotatable bonds is 6. The number of hydrogen-bond acceptors (Lipinski definition) is 6. The molecule has 0 saturated carbocycles. The van der Waals surface area contributed by atoms with E-state index < -0.39 is 29.8 Å². The molecule has 1 N–H and O–H groups in total. The van der Waals surface area contributed by atoms with Crippen molar-refractivity contribution >= 4 is 52.4 Å². The second-order valence-corrected chi connectivity index (χ2v) is 8.60. The Bertz CT molecular complexity index is 1320. The molecular formula is C26H22ClN3O5. The molecule has 0 fully saturated rings. The number of imide groups is 1. The SMILES string of the molecule is C[C@H](OC(=O)c1ccc2c(c1)C(=O)N(c1ccc(Cl)cc1)C2=O)C(=O)Nc1ccc(N(C)C)cc1. The first-order valence-corrected chi connectivity index (χ1v) is 11.1. The molecule has 0 unspecified atom stereocenters. The van der Waals surface area contributed by atoms with Gasteiger partial charge in [0.2, 0.25) is 0 Å². The lowest BCUT2D eigenvalue weighted by molar-refractivity contribution is -0.123. The topological polar surface area (TPSA) is 96.0 Å². The summed E-state index contributed by atoms with van der Waals surface area (Å²) in [6, 6.07) is 17.6. The molecule has 9 heteroatoms. The van der Waals surface area contributed by atoms with Gasteiger partial charge < -0.3 is 15.0 Å². The Kier molecular flexibility index (Phi) is 6.57. The minimum absolute atomic E-state index is 0.0536. The molecule has 3 aromatic carbocycles. The zero-order valence-corrected chi connectivity index (χ0v) is 20.0. The fourth-order valence-electron chi connectivity index (χ4n) is 3.56. The van der Waals surface area contributed by atoms with Gasteiger partial charge in [-0.3, -0.25) is 14.4 Å². The van der Waals surface area contributed by atoms with Crippen LogP contribution in [0.4, 0.5) is 17.1 Å². The number of amides is 3. The standard InChI is InChI=1S/C26H22ClN3O5/c1-15(23(31)28-18-7-11-19(12-8-18)29(2)3)35-26(34)16-4-13-21-22(14-16)25(33)30(24(21)32)20-9-5-17(27)6-10-20/h4-15H,1-3H3,(H,28,31)/t15-/m0/s1. The molecule has 1 aliphatic rings. The molecular weight excluding hydrogens is 470 g/mol. The molecule has 3 aromatic rings. The zero-order chi connectivity index (χ0) is 25.3. The quantitative estimate of drug-likeness (QED) is 0.406. The summed E-state index contributed by atoms with van der Waals surface area (Å²) >= 11 is 5.89. The van der Waals surface area contributed by atoms with E-state index in [-0.39, 0.29) is 16.7 Å². The summed E-state index contributed by atoms with van der Waals surface area (Å²) in [6.45, 7) is 1.45. The number of nitrogens with one attached hydrogen (secondary N) is 1. The Balaban J connectivity index is 1.45. The molecule has 1 atom stereocenters. The summed E-state index contributed by atoms with van der Waals surface area (Å²) in [4.78, 5) is 53.8. The van der Waals surface area contributed by atoms with E-state index in [0.29, 0.717) is 16.4 Å². The number of halogens is 1. The summed E-state index contributed by atoms with van der Waals surface area (Å²) in [6.07, 6.45) is -1.09. The van der Waals surface area contributed by atoms with Gasteiger partial charge in [-0.05, 0) is 73.7 Å². The first-order valence-electron chi connectivity index (χ1n) is 10.7. The number of anilines is 3. The third kappa shape index (κ3) is 4.88. The number of esters is 1. The van der Waals surface area contributed by atoms with Crippen molar-refractivity contribution in [1.82, 2.24) is 0 Å². The molecule has 0 radical (unpaired) electrons. The fraction of sp³-hybridized carbons (Fsp3) is 0.154. The molecule has 178 valence electrons. The van der Waals surface area contributed by atoms with E-state index in [9.17, 15) is 19.2 Å². The molecule has 0 spiro atoms. The van der Waals surface area contributed by atoms with Crippen molar-refractivity contribution in [2.75, 3.05) is 29.2 Å². The van der Waals surface area contributed by atoms with Crippen LogP contribution in [0.15, 0.2) is 66.7 Å². The second-order valence-electron chi connectivity index (χ2n) is 8.16. The molecule has 1 aliphatic heterocycles. The average molecular weight is 492 g/mol. The number of nitrogens with zero attached hydrogens (tertiary/aromatic N) is 2. The molecule has 0 aromatic heterocycles. The van der Waals surface area contributed by atoms with E-state index in [1.54, 1.807) is 36.4 Å². The van der Waals surface area contributed by atoms with Crippen LogP contribution in [0.2, 0.25) is 5.02 Å². The van der Waals surface area contributed by atoms with E-state index in [1.807, 2.05) is 31.1 Å². The maximum Gasteiger partial charge on any atom is 0.338 e. The second kappa shape index (κ2) is 9.60. The highest BCUT2D eigenvalue weighted by molar-refractivity contribution is 6.35. The normalized spacial score (nSPS) is 13.3. The van der Waals surface area contributed by atoms with E-state index in [4.69, 9.17) is 16.3 Å². The largest absolute Gasteiger partial charge is 0.449 e. The van der Waals surface area contributed by atoms with Gasteiger partial charge in [-0.2, -0.15) is 0 Å². The van der Waals surface area contributed by atoms with Crippen molar-refractivity contribution in [3.8, 4) is 0 Å². The van der Waals surface area contributed by atoms with E-state index in [1.165, 1.54) is 25.1 Å². The van der Waals surface area contributed by atoms with Gasteiger partial charge in [0, 0.05) is 30.5 Å². The van der Waals surface area contributed by atoms with Crippen LogP contribution in [-0.2, 0) is 9.53 Å². The summed E-state index contributed by atoms with van der Waals surface area (Å²) in [5.41, 5.74) is 2.21. The lowest BCUT2D eigenvalue weighted by atomic mass is 10.1. The summed E-state index contributed by atoms with van der Waals surface area (Å²) in [5, 5.41) is 3.17. The van der Waals surface area contributed by atoms with Crippen LogP contribution in [0.3, 0.4) is 0 Å². The van der Waals surface area contributed by atoms with E-state index >= 15 is 0 Å². The summed E-state index contributed by atoms with van der Waals surface area (Å²) < 4.78 is 5.30. The molecule has 0 bridgehead atoms. The summed E-state index contributed by atoms with van der Waals surface area (Å²) in [7, 11) is 3.82. The first kappa shape index (κ1) is 24.0.